The molecule has 0 aromatic rings. The molecular weight excluding hydrogens is 100 g/mol. The zero-order chi connectivity index (χ0) is 6.24. The van der Waals surface area contributed by atoms with E-state index >= 15 is 0 Å². The maximum absolute atomic E-state index is 6.53. The lowest BCUT2D eigenvalue weighted by atomic mass is 10.6. The van der Waals surface area contributed by atoms with Gasteiger partial charge in [0, 0.05) is 6.21 Å². The molecule has 42 valence electrons. The second-order valence-corrected chi connectivity index (χ2v) is 1.11. The standard InChI is InChI=1S/C6H8N2/c1-2-5-8-6-3-4-7/h1,3-4,6-8H,5H2/b6-3-,7-4?. The Morgan fingerprint density at radius 1 is 1.75 bits per heavy atom. The van der Waals surface area contributed by atoms with Gasteiger partial charge in [-0.15, -0.1) is 6.42 Å². The molecule has 0 rings (SSSR count). The van der Waals surface area contributed by atoms with Crippen molar-refractivity contribution in [3.8, 4) is 12.3 Å². The molecule has 0 heterocycles. The van der Waals surface area contributed by atoms with Crippen molar-refractivity contribution in [2.24, 2.45) is 0 Å². The average Bonchev–Trinajstić information content (AvgIpc) is 1.81. The van der Waals surface area contributed by atoms with Crippen LogP contribution >= 0.6 is 0 Å². The predicted molar refractivity (Wildman–Crippen MR) is 34.8 cm³/mol. The Hall–Kier alpha value is -1.23. The van der Waals surface area contributed by atoms with E-state index in [9.17, 15) is 0 Å². The highest BCUT2D eigenvalue weighted by Gasteiger charge is 1.64. The normalized spacial score (nSPS) is 8.38. The zero-order valence-electron chi connectivity index (χ0n) is 4.52. The molecular formula is C6H8N2. The van der Waals surface area contributed by atoms with Crippen molar-refractivity contribution in [1.29, 1.82) is 5.41 Å². The summed E-state index contributed by atoms with van der Waals surface area (Å²) in [7, 11) is 0. The molecule has 0 atom stereocenters. The second-order valence-electron chi connectivity index (χ2n) is 1.11. The molecule has 0 aromatic heterocycles. The van der Waals surface area contributed by atoms with Gasteiger partial charge in [0.15, 0.2) is 0 Å². The summed E-state index contributed by atoms with van der Waals surface area (Å²) in [5.41, 5.74) is 0. The number of nitrogens with one attached hydrogen (secondary N) is 2. The summed E-state index contributed by atoms with van der Waals surface area (Å²) in [6.45, 7) is 0.518. The molecule has 0 aromatic carbocycles. The molecule has 0 aliphatic heterocycles. The van der Waals surface area contributed by atoms with Crippen LogP contribution in [0.15, 0.2) is 12.3 Å². The van der Waals surface area contributed by atoms with Gasteiger partial charge in [-0.1, -0.05) is 5.92 Å². The van der Waals surface area contributed by atoms with Gasteiger partial charge < -0.3 is 10.7 Å². The fourth-order valence-electron chi connectivity index (χ4n) is 0.234. The highest BCUT2D eigenvalue weighted by atomic mass is 14.8. The molecule has 2 heteroatoms. The molecule has 0 saturated heterocycles. The molecule has 0 bridgehead atoms. The molecule has 0 amide bonds. The van der Waals surface area contributed by atoms with Gasteiger partial charge >= 0.3 is 0 Å². The first kappa shape index (κ1) is 6.77. The highest BCUT2D eigenvalue weighted by Crippen LogP contribution is 1.58. The number of hydrogen-bond acceptors (Lipinski definition) is 2. The van der Waals surface area contributed by atoms with Gasteiger partial charge in [0.2, 0.25) is 0 Å². The summed E-state index contributed by atoms with van der Waals surface area (Å²) in [6.07, 6.45) is 9.29. The molecule has 0 saturated carbocycles. The topological polar surface area (TPSA) is 35.9 Å². The van der Waals surface area contributed by atoms with Crippen LogP contribution in [0.25, 0.3) is 0 Å². The Morgan fingerprint density at radius 2 is 2.50 bits per heavy atom. The van der Waals surface area contributed by atoms with E-state index < -0.39 is 0 Å². The summed E-state index contributed by atoms with van der Waals surface area (Å²) in [6, 6.07) is 0. The van der Waals surface area contributed by atoms with Crippen molar-refractivity contribution in [2.75, 3.05) is 6.54 Å². The minimum atomic E-state index is 0.518. The van der Waals surface area contributed by atoms with Gasteiger partial charge in [0.25, 0.3) is 0 Å². The Labute approximate surface area is 49.1 Å². The van der Waals surface area contributed by atoms with Gasteiger partial charge in [-0.05, 0) is 12.3 Å². The van der Waals surface area contributed by atoms with Crippen LogP contribution in [0.2, 0.25) is 0 Å². The number of rotatable bonds is 3. The van der Waals surface area contributed by atoms with E-state index in [0.717, 1.165) is 0 Å². The van der Waals surface area contributed by atoms with Crippen molar-refractivity contribution in [3.63, 3.8) is 0 Å². The monoisotopic (exact) mass is 108 g/mol. The van der Waals surface area contributed by atoms with E-state index in [4.69, 9.17) is 11.8 Å². The molecule has 2 N–H and O–H groups in total. The maximum atomic E-state index is 6.53. The maximum Gasteiger partial charge on any atom is 0.0758 e. The SMILES string of the molecule is C#CCN/C=C\C=N. The van der Waals surface area contributed by atoms with E-state index in [1.807, 2.05) is 0 Å². The predicted octanol–water partition coefficient (Wildman–Crippen LogP) is 0.372. The summed E-state index contributed by atoms with van der Waals surface area (Å²) >= 11 is 0. The minimum absolute atomic E-state index is 0.518. The fraction of sp³-hybridized carbons (Fsp3) is 0.167. The van der Waals surface area contributed by atoms with Gasteiger partial charge in [0.05, 0.1) is 6.54 Å². The first-order chi connectivity index (χ1) is 3.91. The van der Waals surface area contributed by atoms with Crippen molar-refractivity contribution in [3.05, 3.63) is 12.3 Å². The molecule has 0 spiro atoms. The van der Waals surface area contributed by atoms with Crippen LogP contribution in [0.5, 0.6) is 0 Å². The summed E-state index contributed by atoms with van der Waals surface area (Å²) in [4.78, 5) is 0. The third-order valence-electron chi connectivity index (χ3n) is 0.514. The van der Waals surface area contributed by atoms with E-state index in [2.05, 4.69) is 11.2 Å². The Kier molecular flexibility index (Phi) is 4.88. The van der Waals surface area contributed by atoms with Crippen molar-refractivity contribution < 1.29 is 0 Å². The van der Waals surface area contributed by atoms with Crippen LogP contribution in [0.4, 0.5) is 0 Å². The minimum Gasteiger partial charge on any atom is -0.380 e. The Morgan fingerprint density at radius 3 is 3.00 bits per heavy atom. The van der Waals surface area contributed by atoms with Crippen LogP contribution in [-0.4, -0.2) is 12.8 Å². The number of terminal acetylenes is 1. The molecule has 0 unspecified atom stereocenters. The molecule has 0 radical (unpaired) electrons. The second kappa shape index (κ2) is 5.77. The number of allylic oxidation sites excluding steroid dienone is 1. The molecule has 2 nitrogen and oxygen atoms in total. The quantitative estimate of drug-likeness (QED) is 0.306. The van der Waals surface area contributed by atoms with Crippen LogP contribution in [0.3, 0.4) is 0 Å². The summed E-state index contributed by atoms with van der Waals surface area (Å²) in [5, 5.41) is 9.30. The molecule has 8 heavy (non-hydrogen) atoms. The van der Waals surface area contributed by atoms with Gasteiger partial charge in [-0.2, -0.15) is 0 Å². The van der Waals surface area contributed by atoms with Crippen molar-refractivity contribution in [2.45, 2.75) is 0 Å². The van der Waals surface area contributed by atoms with E-state index in [0.29, 0.717) is 6.54 Å². The summed E-state index contributed by atoms with van der Waals surface area (Å²) < 4.78 is 0. The van der Waals surface area contributed by atoms with Gasteiger partial charge in [0.1, 0.15) is 0 Å². The number of hydrogen-bond donors (Lipinski definition) is 2. The highest BCUT2D eigenvalue weighted by molar-refractivity contribution is 5.67. The zero-order valence-corrected chi connectivity index (χ0v) is 4.52. The lowest BCUT2D eigenvalue weighted by Gasteiger charge is -1.85. The third-order valence-corrected chi connectivity index (χ3v) is 0.514. The van der Waals surface area contributed by atoms with E-state index in [1.54, 1.807) is 12.3 Å². The third kappa shape index (κ3) is 4.77. The smallest absolute Gasteiger partial charge is 0.0758 e. The van der Waals surface area contributed by atoms with Crippen LogP contribution < -0.4 is 5.32 Å². The van der Waals surface area contributed by atoms with E-state index in [1.165, 1.54) is 6.21 Å². The molecule has 0 fully saturated rings. The van der Waals surface area contributed by atoms with Gasteiger partial charge in [-0.3, -0.25) is 0 Å². The molecule has 0 aliphatic carbocycles. The lowest BCUT2D eigenvalue weighted by Crippen LogP contribution is -2.03. The van der Waals surface area contributed by atoms with Crippen LogP contribution in [0, 0.1) is 17.8 Å². The van der Waals surface area contributed by atoms with Crippen molar-refractivity contribution in [1.82, 2.24) is 5.32 Å². The average molecular weight is 108 g/mol. The summed E-state index contributed by atoms with van der Waals surface area (Å²) in [5.74, 6) is 2.39. The van der Waals surface area contributed by atoms with E-state index in [-0.39, 0.29) is 0 Å². The first-order valence-corrected chi connectivity index (χ1v) is 2.24. The lowest BCUT2D eigenvalue weighted by molar-refractivity contribution is 1.01. The first-order valence-electron chi connectivity index (χ1n) is 2.24. The Bertz CT molecular complexity index is 119. The fourth-order valence-corrected chi connectivity index (χ4v) is 0.234. The van der Waals surface area contributed by atoms with Gasteiger partial charge in [-0.25, -0.2) is 0 Å². The largest absolute Gasteiger partial charge is 0.380 e. The van der Waals surface area contributed by atoms with Crippen molar-refractivity contribution >= 4 is 6.21 Å². The molecule has 0 aliphatic rings. The van der Waals surface area contributed by atoms with Crippen LogP contribution in [0.1, 0.15) is 0 Å². The van der Waals surface area contributed by atoms with Crippen LogP contribution in [-0.2, 0) is 0 Å². The Balaban J connectivity index is 3.06.